The first-order valence-corrected chi connectivity index (χ1v) is 8.94. The molecule has 2 aliphatic heterocycles. The van der Waals surface area contributed by atoms with Crippen LogP contribution < -0.4 is 5.32 Å². The van der Waals surface area contributed by atoms with Gasteiger partial charge in [0.05, 0.1) is 5.69 Å². The normalized spacial score (nSPS) is 26.3. The summed E-state index contributed by atoms with van der Waals surface area (Å²) >= 11 is 0. The average Bonchev–Trinajstić information content (AvgIpc) is 3.10. The van der Waals surface area contributed by atoms with Crippen LogP contribution in [0.4, 0.5) is 4.39 Å². The van der Waals surface area contributed by atoms with Crippen LogP contribution in [0.1, 0.15) is 43.1 Å². The van der Waals surface area contributed by atoms with E-state index in [2.05, 4.69) is 22.4 Å². The summed E-state index contributed by atoms with van der Waals surface area (Å²) in [7, 11) is 0. The fourth-order valence-corrected chi connectivity index (χ4v) is 4.23. The van der Waals surface area contributed by atoms with Crippen LogP contribution in [-0.4, -0.2) is 45.7 Å². The van der Waals surface area contributed by atoms with E-state index in [1.54, 1.807) is 18.2 Å². The van der Waals surface area contributed by atoms with Crippen LogP contribution in [0.5, 0.6) is 0 Å². The molecule has 1 amide bonds. The van der Waals surface area contributed by atoms with Crippen molar-refractivity contribution in [1.29, 1.82) is 0 Å². The molecule has 6 heteroatoms. The van der Waals surface area contributed by atoms with Crippen LogP contribution in [-0.2, 0) is 0 Å². The van der Waals surface area contributed by atoms with E-state index >= 15 is 0 Å². The third kappa shape index (κ3) is 2.95. The molecule has 2 fully saturated rings. The largest absolute Gasteiger partial charge is 0.333 e. The first kappa shape index (κ1) is 16.3. The van der Waals surface area contributed by atoms with Crippen molar-refractivity contribution >= 4 is 5.91 Å². The van der Waals surface area contributed by atoms with Crippen LogP contribution in [0.25, 0.3) is 11.3 Å². The zero-order chi connectivity index (χ0) is 17.4. The molecule has 132 valence electrons. The van der Waals surface area contributed by atoms with E-state index in [-0.39, 0.29) is 23.3 Å². The number of aromatic amines is 1. The summed E-state index contributed by atoms with van der Waals surface area (Å²) in [5.74, 6) is -0.284. The minimum atomic E-state index is -0.284. The number of piperidine rings is 2. The van der Waals surface area contributed by atoms with Crippen molar-refractivity contribution in [1.82, 2.24) is 20.4 Å². The van der Waals surface area contributed by atoms with E-state index in [0.29, 0.717) is 11.4 Å². The predicted molar refractivity (Wildman–Crippen MR) is 93.7 cm³/mol. The number of H-pyrrole nitrogens is 1. The van der Waals surface area contributed by atoms with E-state index in [9.17, 15) is 9.18 Å². The molecule has 4 rings (SSSR count). The van der Waals surface area contributed by atoms with Gasteiger partial charge < -0.3 is 10.2 Å². The number of carbonyl (C=O) groups excluding carboxylic acids is 1. The lowest BCUT2D eigenvalue weighted by molar-refractivity contribution is 0.0249. The molecule has 0 radical (unpaired) electrons. The Morgan fingerprint density at radius 2 is 2.12 bits per heavy atom. The van der Waals surface area contributed by atoms with Gasteiger partial charge in [0.2, 0.25) is 0 Å². The molecule has 2 N–H and O–H groups in total. The van der Waals surface area contributed by atoms with Crippen LogP contribution >= 0.6 is 0 Å². The number of carbonyl (C=O) groups is 1. The van der Waals surface area contributed by atoms with Gasteiger partial charge in [-0.15, -0.1) is 0 Å². The molecule has 0 saturated carbocycles. The van der Waals surface area contributed by atoms with Crippen molar-refractivity contribution in [3.05, 3.63) is 41.8 Å². The van der Waals surface area contributed by atoms with Crippen molar-refractivity contribution in [2.24, 2.45) is 0 Å². The highest BCUT2D eigenvalue weighted by Gasteiger charge is 2.44. The Labute approximate surface area is 146 Å². The second-order valence-corrected chi connectivity index (χ2v) is 7.28. The van der Waals surface area contributed by atoms with Crippen molar-refractivity contribution in [3.8, 4) is 11.3 Å². The number of nitrogens with one attached hydrogen (secondary N) is 2. The number of aromatic nitrogens is 2. The smallest absolute Gasteiger partial charge is 0.272 e. The predicted octanol–water partition coefficient (Wildman–Crippen LogP) is 2.96. The van der Waals surface area contributed by atoms with Crippen LogP contribution in [0.3, 0.4) is 0 Å². The molecular weight excluding hydrogens is 319 g/mol. The third-order valence-electron chi connectivity index (χ3n) is 5.60. The van der Waals surface area contributed by atoms with Gasteiger partial charge in [0.1, 0.15) is 11.5 Å². The lowest BCUT2D eigenvalue weighted by Crippen LogP contribution is -2.65. The molecule has 5 nitrogen and oxygen atoms in total. The van der Waals surface area contributed by atoms with Gasteiger partial charge in [-0.1, -0.05) is 0 Å². The van der Waals surface area contributed by atoms with Gasteiger partial charge in [0.15, 0.2) is 0 Å². The Hall–Kier alpha value is -2.21. The minimum Gasteiger partial charge on any atom is -0.333 e. The molecule has 25 heavy (non-hydrogen) atoms. The summed E-state index contributed by atoms with van der Waals surface area (Å²) in [6, 6.07) is 8.12. The Bertz CT molecular complexity index is 768. The molecule has 2 atom stereocenters. The number of nitrogens with zero attached hydrogens (tertiary/aromatic N) is 2. The molecule has 3 heterocycles. The molecule has 2 saturated heterocycles. The standard InChI is InChI=1S/C19H23FN4O/c1-19-9-3-11-24(17(19)4-2-10-21-19)18(25)16-12-15(22-23-16)13-5-7-14(20)8-6-13/h5-8,12,17,21H,2-4,9-11H2,1H3,(H,22,23)/t17-,19+/m1/s1. The zero-order valence-electron chi connectivity index (χ0n) is 14.4. The SMILES string of the molecule is C[C@]12CCCN(C(=O)c3cc(-c4ccc(F)cc4)n[nH]3)[C@@H]1CCCN2. The van der Waals surface area contributed by atoms with Crippen molar-refractivity contribution in [3.63, 3.8) is 0 Å². The first-order chi connectivity index (χ1) is 12.1. The maximum atomic E-state index is 13.1. The van der Waals surface area contributed by atoms with Gasteiger partial charge >= 0.3 is 0 Å². The first-order valence-electron chi connectivity index (χ1n) is 8.94. The molecule has 0 aliphatic carbocycles. The van der Waals surface area contributed by atoms with Gasteiger partial charge in [-0.3, -0.25) is 9.89 Å². The third-order valence-corrected chi connectivity index (χ3v) is 5.60. The molecule has 2 aliphatic rings. The van der Waals surface area contributed by atoms with E-state index in [1.165, 1.54) is 12.1 Å². The molecule has 0 bridgehead atoms. The summed E-state index contributed by atoms with van der Waals surface area (Å²) in [6.07, 6.45) is 4.23. The molecule has 1 aromatic carbocycles. The summed E-state index contributed by atoms with van der Waals surface area (Å²) in [5, 5.41) is 10.7. The number of hydrogen-bond acceptors (Lipinski definition) is 3. The maximum absolute atomic E-state index is 13.1. The van der Waals surface area contributed by atoms with Crippen molar-refractivity contribution in [2.75, 3.05) is 13.1 Å². The summed E-state index contributed by atoms with van der Waals surface area (Å²) in [6.45, 7) is 4.03. The van der Waals surface area contributed by atoms with Gasteiger partial charge in [0.25, 0.3) is 5.91 Å². The number of benzene rings is 1. The minimum absolute atomic E-state index is 0.000451. The molecule has 0 unspecified atom stereocenters. The number of fused-ring (bicyclic) bond motifs is 1. The lowest BCUT2D eigenvalue weighted by atomic mass is 9.77. The van der Waals surface area contributed by atoms with Crippen LogP contribution in [0.15, 0.2) is 30.3 Å². The zero-order valence-corrected chi connectivity index (χ0v) is 14.4. The number of amides is 1. The van der Waals surface area contributed by atoms with E-state index in [0.717, 1.165) is 44.3 Å². The fraction of sp³-hybridized carbons (Fsp3) is 0.474. The van der Waals surface area contributed by atoms with Crippen molar-refractivity contribution in [2.45, 2.75) is 44.2 Å². The second-order valence-electron chi connectivity index (χ2n) is 7.28. The molecule has 2 aromatic rings. The van der Waals surface area contributed by atoms with Gasteiger partial charge in [0, 0.05) is 23.7 Å². The van der Waals surface area contributed by atoms with Crippen LogP contribution in [0, 0.1) is 5.82 Å². The van der Waals surface area contributed by atoms with Gasteiger partial charge in [-0.05, 0) is 69.5 Å². The summed E-state index contributed by atoms with van der Waals surface area (Å²) < 4.78 is 13.1. The highest BCUT2D eigenvalue weighted by atomic mass is 19.1. The highest BCUT2D eigenvalue weighted by Crippen LogP contribution is 2.34. The Kier molecular flexibility index (Phi) is 4.07. The second kappa shape index (κ2) is 6.26. The molecule has 1 aromatic heterocycles. The Balaban J connectivity index is 1.57. The highest BCUT2D eigenvalue weighted by molar-refractivity contribution is 5.93. The quantitative estimate of drug-likeness (QED) is 0.882. The number of likely N-dealkylation sites (tertiary alicyclic amines) is 1. The number of halogens is 1. The summed E-state index contributed by atoms with van der Waals surface area (Å²) in [5.41, 5.74) is 1.95. The van der Waals surface area contributed by atoms with Crippen molar-refractivity contribution < 1.29 is 9.18 Å². The topological polar surface area (TPSA) is 61.0 Å². The van der Waals surface area contributed by atoms with E-state index < -0.39 is 0 Å². The fourth-order valence-electron chi connectivity index (χ4n) is 4.23. The van der Waals surface area contributed by atoms with Crippen LogP contribution in [0.2, 0.25) is 0 Å². The Morgan fingerprint density at radius 3 is 2.92 bits per heavy atom. The molecule has 0 spiro atoms. The van der Waals surface area contributed by atoms with E-state index in [1.807, 2.05) is 4.90 Å². The van der Waals surface area contributed by atoms with Gasteiger partial charge in [-0.25, -0.2) is 4.39 Å². The maximum Gasteiger partial charge on any atom is 0.272 e. The number of rotatable bonds is 2. The monoisotopic (exact) mass is 342 g/mol. The van der Waals surface area contributed by atoms with E-state index in [4.69, 9.17) is 0 Å². The van der Waals surface area contributed by atoms with Gasteiger partial charge in [-0.2, -0.15) is 5.10 Å². The Morgan fingerprint density at radius 1 is 1.32 bits per heavy atom. The number of hydrogen-bond donors (Lipinski definition) is 2. The lowest BCUT2D eigenvalue weighted by Gasteiger charge is -2.51. The molecular formula is C19H23FN4O. The summed E-state index contributed by atoms with van der Waals surface area (Å²) in [4.78, 5) is 15.1. The average molecular weight is 342 g/mol.